The predicted octanol–water partition coefficient (Wildman–Crippen LogP) is 2.88. The number of nitrogens with one attached hydrogen (secondary N) is 1. The Morgan fingerprint density at radius 1 is 1.57 bits per heavy atom. The van der Waals surface area contributed by atoms with Crippen LogP contribution in [0.1, 0.15) is 24.9 Å². The summed E-state index contributed by atoms with van der Waals surface area (Å²) in [4.78, 5) is 0. The van der Waals surface area contributed by atoms with Crippen molar-refractivity contribution in [1.82, 2.24) is 5.32 Å². The Balaban J connectivity index is 2.36. The number of benzene rings is 1. The molecule has 0 aromatic heterocycles. The normalized spacial score (nSPS) is 20.0. The summed E-state index contributed by atoms with van der Waals surface area (Å²) in [6.07, 6.45) is 1.05. The number of ether oxygens (including phenoxy) is 1. The van der Waals surface area contributed by atoms with Crippen molar-refractivity contribution in [3.8, 4) is 5.75 Å². The molecule has 0 spiro atoms. The standard InChI is InChI=1S/C11H14BrNO/c1-2-13-9-6-7-14-10-5-3-4-8(12)11(9)10/h3-5,9,13H,2,6-7H2,1H3. The van der Waals surface area contributed by atoms with E-state index in [1.54, 1.807) is 0 Å². The van der Waals surface area contributed by atoms with Gasteiger partial charge in [0.2, 0.25) is 0 Å². The van der Waals surface area contributed by atoms with Crippen LogP contribution in [-0.2, 0) is 0 Å². The first-order chi connectivity index (χ1) is 6.83. The lowest BCUT2D eigenvalue weighted by atomic mass is 10.0. The molecule has 1 N–H and O–H groups in total. The second kappa shape index (κ2) is 4.32. The molecule has 76 valence electrons. The van der Waals surface area contributed by atoms with Crippen molar-refractivity contribution in [3.05, 3.63) is 28.2 Å². The molecule has 0 fully saturated rings. The minimum absolute atomic E-state index is 0.430. The Kier molecular flexibility index (Phi) is 3.08. The Bertz CT molecular complexity index is 327. The van der Waals surface area contributed by atoms with Gasteiger partial charge in [0.1, 0.15) is 5.75 Å². The second-order valence-electron chi connectivity index (χ2n) is 3.40. The lowest BCUT2D eigenvalue weighted by Crippen LogP contribution is -2.27. The van der Waals surface area contributed by atoms with Crippen LogP contribution in [0.25, 0.3) is 0 Å². The third kappa shape index (κ3) is 1.79. The minimum atomic E-state index is 0.430. The van der Waals surface area contributed by atoms with Crippen molar-refractivity contribution >= 4 is 15.9 Å². The van der Waals surface area contributed by atoms with Crippen LogP contribution in [0.15, 0.2) is 22.7 Å². The molecule has 1 aliphatic rings. The number of fused-ring (bicyclic) bond motifs is 1. The highest BCUT2D eigenvalue weighted by Gasteiger charge is 2.22. The molecule has 1 aromatic rings. The molecule has 2 nitrogen and oxygen atoms in total. The Hall–Kier alpha value is -0.540. The maximum atomic E-state index is 5.61. The molecule has 0 aliphatic carbocycles. The molecule has 14 heavy (non-hydrogen) atoms. The van der Waals surface area contributed by atoms with Crippen LogP contribution in [0.5, 0.6) is 5.75 Å². The van der Waals surface area contributed by atoms with Crippen LogP contribution in [0.4, 0.5) is 0 Å². The number of rotatable bonds is 2. The molecule has 0 saturated heterocycles. The van der Waals surface area contributed by atoms with E-state index in [1.165, 1.54) is 5.56 Å². The average molecular weight is 256 g/mol. The van der Waals surface area contributed by atoms with Gasteiger partial charge in [-0.1, -0.05) is 28.9 Å². The van der Waals surface area contributed by atoms with Gasteiger partial charge in [0, 0.05) is 22.5 Å². The van der Waals surface area contributed by atoms with Gasteiger partial charge in [-0.2, -0.15) is 0 Å². The van der Waals surface area contributed by atoms with Crippen molar-refractivity contribution in [3.63, 3.8) is 0 Å². The topological polar surface area (TPSA) is 21.3 Å². The SMILES string of the molecule is CCNC1CCOc2cccc(Br)c21. The van der Waals surface area contributed by atoms with Gasteiger partial charge in [0.15, 0.2) is 0 Å². The van der Waals surface area contributed by atoms with Crippen LogP contribution in [0.2, 0.25) is 0 Å². The molecule has 1 aromatic carbocycles. The molecule has 3 heteroatoms. The summed E-state index contributed by atoms with van der Waals surface area (Å²) >= 11 is 3.57. The van der Waals surface area contributed by atoms with E-state index in [0.717, 1.165) is 29.8 Å². The van der Waals surface area contributed by atoms with E-state index < -0.39 is 0 Å². The molecule has 0 saturated carbocycles. The number of halogens is 1. The zero-order valence-electron chi connectivity index (χ0n) is 8.22. The summed E-state index contributed by atoms with van der Waals surface area (Å²) in [6.45, 7) is 3.93. The van der Waals surface area contributed by atoms with Crippen molar-refractivity contribution < 1.29 is 4.74 Å². The fraction of sp³-hybridized carbons (Fsp3) is 0.455. The first-order valence-corrected chi connectivity index (χ1v) is 5.77. The van der Waals surface area contributed by atoms with Crippen LogP contribution in [0.3, 0.4) is 0 Å². The second-order valence-corrected chi connectivity index (χ2v) is 4.25. The van der Waals surface area contributed by atoms with Crippen LogP contribution < -0.4 is 10.1 Å². The van der Waals surface area contributed by atoms with Gasteiger partial charge in [0.25, 0.3) is 0 Å². The third-order valence-corrected chi connectivity index (χ3v) is 3.17. The average Bonchev–Trinajstić information content (AvgIpc) is 2.19. The van der Waals surface area contributed by atoms with Crippen LogP contribution in [0, 0.1) is 0 Å². The van der Waals surface area contributed by atoms with Crippen molar-refractivity contribution in [2.45, 2.75) is 19.4 Å². The zero-order chi connectivity index (χ0) is 9.97. The molecule has 0 bridgehead atoms. The highest BCUT2D eigenvalue weighted by molar-refractivity contribution is 9.10. The van der Waals surface area contributed by atoms with Gasteiger partial charge in [-0.15, -0.1) is 0 Å². The predicted molar refractivity (Wildman–Crippen MR) is 60.7 cm³/mol. The largest absolute Gasteiger partial charge is 0.493 e. The fourth-order valence-corrected chi connectivity index (χ4v) is 2.49. The lowest BCUT2D eigenvalue weighted by Gasteiger charge is -2.27. The van der Waals surface area contributed by atoms with E-state index in [4.69, 9.17) is 4.74 Å². The Morgan fingerprint density at radius 2 is 2.43 bits per heavy atom. The molecular formula is C11H14BrNO. The van der Waals surface area contributed by atoms with Crippen molar-refractivity contribution in [1.29, 1.82) is 0 Å². The number of hydrogen-bond acceptors (Lipinski definition) is 2. The van der Waals surface area contributed by atoms with Gasteiger partial charge in [-0.05, 0) is 18.7 Å². The van der Waals surface area contributed by atoms with E-state index in [2.05, 4.69) is 34.2 Å². The summed E-state index contributed by atoms with van der Waals surface area (Å²) in [6, 6.07) is 6.54. The smallest absolute Gasteiger partial charge is 0.125 e. The summed E-state index contributed by atoms with van der Waals surface area (Å²) < 4.78 is 6.75. The van der Waals surface area contributed by atoms with Crippen molar-refractivity contribution in [2.75, 3.05) is 13.2 Å². The first kappa shape index (κ1) is 9.99. The summed E-state index contributed by atoms with van der Waals surface area (Å²) in [5.41, 5.74) is 1.26. The quantitative estimate of drug-likeness (QED) is 0.878. The summed E-state index contributed by atoms with van der Waals surface area (Å²) in [5.74, 6) is 1.01. The molecule has 1 aliphatic heterocycles. The lowest BCUT2D eigenvalue weighted by molar-refractivity contribution is 0.253. The summed E-state index contributed by atoms with van der Waals surface area (Å²) in [5, 5.41) is 3.47. The van der Waals surface area contributed by atoms with E-state index in [0.29, 0.717) is 6.04 Å². The highest BCUT2D eigenvalue weighted by Crippen LogP contribution is 2.37. The van der Waals surface area contributed by atoms with Gasteiger partial charge >= 0.3 is 0 Å². The van der Waals surface area contributed by atoms with Crippen LogP contribution >= 0.6 is 15.9 Å². The molecule has 0 radical (unpaired) electrons. The molecular weight excluding hydrogens is 242 g/mol. The molecule has 2 rings (SSSR count). The minimum Gasteiger partial charge on any atom is -0.493 e. The fourth-order valence-electron chi connectivity index (χ4n) is 1.86. The van der Waals surface area contributed by atoms with E-state index in [-0.39, 0.29) is 0 Å². The Labute approximate surface area is 92.8 Å². The molecule has 1 atom stereocenters. The first-order valence-electron chi connectivity index (χ1n) is 4.97. The van der Waals surface area contributed by atoms with E-state index in [9.17, 15) is 0 Å². The zero-order valence-corrected chi connectivity index (χ0v) is 9.80. The monoisotopic (exact) mass is 255 g/mol. The van der Waals surface area contributed by atoms with E-state index >= 15 is 0 Å². The Morgan fingerprint density at radius 3 is 3.21 bits per heavy atom. The molecule has 1 heterocycles. The van der Waals surface area contributed by atoms with Gasteiger partial charge in [-0.25, -0.2) is 0 Å². The number of hydrogen-bond donors (Lipinski definition) is 1. The highest BCUT2D eigenvalue weighted by atomic mass is 79.9. The third-order valence-electron chi connectivity index (χ3n) is 2.48. The summed E-state index contributed by atoms with van der Waals surface area (Å²) in [7, 11) is 0. The van der Waals surface area contributed by atoms with E-state index in [1.807, 2.05) is 12.1 Å². The van der Waals surface area contributed by atoms with Gasteiger partial charge in [-0.3, -0.25) is 0 Å². The van der Waals surface area contributed by atoms with Gasteiger partial charge in [0.05, 0.1) is 6.61 Å². The van der Waals surface area contributed by atoms with Crippen LogP contribution in [-0.4, -0.2) is 13.2 Å². The molecule has 0 amide bonds. The maximum Gasteiger partial charge on any atom is 0.125 e. The molecule has 1 unspecified atom stereocenters. The van der Waals surface area contributed by atoms with Crippen molar-refractivity contribution in [2.24, 2.45) is 0 Å². The maximum absolute atomic E-state index is 5.61. The van der Waals surface area contributed by atoms with Gasteiger partial charge < -0.3 is 10.1 Å².